The number of imide groups is 1. The third-order valence-electron chi connectivity index (χ3n) is 4.44. The molecule has 1 heterocycles. The molecule has 0 radical (unpaired) electrons. The van der Waals surface area contributed by atoms with E-state index in [0.29, 0.717) is 34.7 Å². The minimum absolute atomic E-state index is 0.200. The summed E-state index contributed by atoms with van der Waals surface area (Å²) in [7, 11) is 0. The molecule has 30 heavy (non-hydrogen) atoms. The van der Waals surface area contributed by atoms with Gasteiger partial charge in [-0.15, -0.1) is 0 Å². The third kappa shape index (κ3) is 4.83. The number of benzene rings is 2. The predicted molar refractivity (Wildman–Crippen MR) is 116 cm³/mol. The Morgan fingerprint density at radius 3 is 2.40 bits per heavy atom. The Bertz CT molecular complexity index is 1010. The average Bonchev–Trinajstić information content (AvgIpc) is 2.95. The highest BCUT2D eigenvalue weighted by molar-refractivity contribution is 8.18. The van der Waals surface area contributed by atoms with Crippen molar-refractivity contribution in [2.45, 2.75) is 20.8 Å². The Morgan fingerprint density at radius 2 is 1.80 bits per heavy atom. The molecule has 7 nitrogen and oxygen atoms in total. The second-order valence-electron chi connectivity index (χ2n) is 6.78. The van der Waals surface area contributed by atoms with Gasteiger partial charge in [-0.1, -0.05) is 0 Å². The fourth-order valence-corrected chi connectivity index (χ4v) is 3.84. The first-order valence-corrected chi connectivity index (χ1v) is 10.2. The first-order chi connectivity index (χ1) is 14.3. The molecule has 8 heteroatoms. The molecule has 1 aliphatic heterocycles. The number of rotatable bonds is 6. The summed E-state index contributed by atoms with van der Waals surface area (Å²) < 4.78 is 5.35. The Hall–Kier alpha value is -3.26. The first-order valence-electron chi connectivity index (χ1n) is 9.36. The number of nitrogens with one attached hydrogen (secondary N) is 1. The van der Waals surface area contributed by atoms with Crippen molar-refractivity contribution in [3.63, 3.8) is 0 Å². The highest BCUT2D eigenvalue weighted by atomic mass is 32.2. The summed E-state index contributed by atoms with van der Waals surface area (Å²) in [5, 5.41) is 12.1. The predicted octanol–water partition coefficient (Wildman–Crippen LogP) is 4.08. The van der Waals surface area contributed by atoms with Crippen molar-refractivity contribution in [3.05, 3.63) is 58.0 Å². The lowest BCUT2D eigenvalue weighted by atomic mass is 10.1. The van der Waals surface area contributed by atoms with Crippen molar-refractivity contribution < 1.29 is 24.2 Å². The van der Waals surface area contributed by atoms with Crippen LogP contribution in [0.2, 0.25) is 0 Å². The molecule has 0 spiro atoms. The van der Waals surface area contributed by atoms with Gasteiger partial charge in [0.2, 0.25) is 5.91 Å². The zero-order valence-corrected chi connectivity index (χ0v) is 17.7. The van der Waals surface area contributed by atoms with Gasteiger partial charge in [0.15, 0.2) is 0 Å². The number of nitrogens with zero attached hydrogens (tertiary/aromatic N) is 1. The summed E-state index contributed by atoms with van der Waals surface area (Å²) in [4.78, 5) is 38.4. The number of phenolic OH excluding ortho intramolecular Hbond substituents is 1. The van der Waals surface area contributed by atoms with Crippen LogP contribution in [-0.2, 0) is 9.59 Å². The molecular weight excluding hydrogens is 404 g/mol. The molecule has 2 aromatic carbocycles. The number of anilines is 1. The highest BCUT2D eigenvalue weighted by Crippen LogP contribution is 2.33. The number of carbonyl (C=O) groups is 3. The summed E-state index contributed by atoms with van der Waals surface area (Å²) in [6.45, 7) is 5.57. The van der Waals surface area contributed by atoms with Crippen LogP contribution in [0, 0.1) is 13.8 Å². The fraction of sp³-hybridized carbons (Fsp3) is 0.227. The number of phenols is 1. The minimum atomic E-state index is -0.518. The van der Waals surface area contributed by atoms with Crippen molar-refractivity contribution >= 4 is 40.6 Å². The van der Waals surface area contributed by atoms with Gasteiger partial charge < -0.3 is 15.2 Å². The summed E-state index contributed by atoms with van der Waals surface area (Å²) in [5.74, 6) is -0.105. The molecule has 1 aliphatic rings. The molecule has 0 aromatic heterocycles. The Morgan fingerprint density at radius 1 is 1.17 bits per heavy atom. The Balaban J connectivity index is 1.68. The quantitative estimate of drug-likeness (QED) is 0.676. The molecule has 0 saturated carbocycles. The van der Waals surface area contributed by atoms with Gasteiger partial charge in [-0.05, 0) is 91.7 Å². The van der Waals surface area contributed by atoms with E-state index >= 15 is 0 Å². The smallest absolute Gasteiger partial charge is 0.294 e. The van der Waals surface area contributed by atoms with Gasteiger partial charge in [-0.2, -0.15) is 0 Å². The molecule has 0 atom stereocenters. The molecule has 2 aromatic rings. The monoisotopic (exact) mass is 426 g/mol. The van der Waals surface area contributed by atoms with Gasteiger partial charge in [0.1, 0.15) is 18.0 Å². The number of thioether (sulfide) groups is 1. The second kappa shape index (κ2) is 9.04. The van der Waals surface area contributed by atoms with Crippen LogP contribution in [0.5, 0.6) is 11.5 Å². The first kappa shape index (κ1) is 21.4. The van der Waals surface area contributed by atoms with Crippen LogP contribution in [-0.4, -0.2) is 40.2 Å². The van der Waals surface area contributed by atoms with Gasteiger partial charge in [0.05, 0.1) is 11.5 Å². The van der Waals surface area contributed by atoms with E-state index < -0.39 is 17.1 Å². The van der Waals surface area contributed by atoms with Gasteiger partial charge in [-0.3, -0.25) is 19.3 Å². The normalized spacial score (nSPS) is 15.0. The summed E-state index contributed by atoms with van der Waals surface area (Å²) in [5.41, 5.74) is 2.60. The van der Waals surface area contributed by atoms with Crippen molar-refractivity contribution in [1.82, 2.24) is 4.90 Å². The van der Waals surface area contributed by atoms with E-state index in [2.05, 4.69) is 5.32 Å². The number of hydrogen-bond acceptors (Lipinski definition) is 6. The van der Waals surface area contributed by atoms with E-state index in [1.807, 2.05) is 6.92 Å². The number of ether oxygens (including phenoxy) is 1. The highest BCUT2D eigenvalue weighted by Gasteiger charge is 2.36. The number of aromatic hydroxyl groups is 1. The lowest BCUT2D eigenvalue weighted by molar-refractivity contribution is -0.127. The van der Waals surface area contributed by atoms with Crippen LogP contribution in [0.1, 0.15) is 23.6 Å². The number of amides is 3. The van der Waals surface area contributed by atoms with Crippen molar-refractivity contribution in [2.24, 2.45) is 0 Å². The SMILES string of the molecule is CCOc1ccc(NC(=O)CN2C(=O)S/C(=C\c3cc(C)c(O)c(C)c3)C2=O)cc1. The van der Waals surface area contributed by atoms with Crippen LogP contribution >= 0.6 is 11.8 Å². The molecule has 1 saturated heterocycles. The molecule has 2 N–H and O–H groups in total. The molecule has 0 aliphatic carbocycles. The topological polar surface area (TPSA) is 95.9 Å². The maximum absolute atomic E-state index is 12.6. The Kier molecular flexibility index (Phi) is 6.47. The number of carbonyl (C=O) groups excluding carboxylic acids is 3. The third-order valence-corrected chi connectivity index (χ3v) is 5.34. The standard InChI is InChI=1S/C22H22N2O5S/c1-4-29-17-7-5-16(6-8-17)23-19(25)12-24-21(27)18(30-22(24)28)11-15-9-13(2)20(26)14(3)10-15/h5-11,26H,4,12H2,1-3H3,(H,23,25)/b18-11-. The van der Waals surface area contributed by atoms with Gasteiger partial charge in [0, 0.05) is 5.69 Å². The van der Waals surface area contributed by atoms with Crippen LogP contribution < -0.4 is 10.1 Å². The zero-order valence-electron chi connectivity index (χ0n) is 16.9. The molecule has 1 fully saturated rings. The molecule has 0 unspecified atom stereocenters. The van der Waals surface area contributed by atoms with Crippen molar-refractivity contribution in [3.8, 4) is 11.5 Å². The van der Waals surface area contributed by atoms with E-state index in [-0.39, 0.29) is 17.2 Å². The Labute approximate surface area is 178 Å². The van der Waals surface area contributed by atoms with E-state index in [9.17, 15) is 19.5 Å². The van der Waals surface area contributed by atoms with Gasteiger partial charge >= 0.3 is 0 Å². The lowest BCUT2D eigenvalue weighted by Gasteiger charge is -2.12. The number of hydrogen-bond donors (Lipinski definition) is 2. The summed E-state index contributed by atoms with van der Waals surface area (Å²) in [6.07, 6.45) is 1.59. The molecular formula is C22H22N2O5S. The lowest BCUT2D eigenvalue weighted by Crippen LogP contribution is -2.36. The molecule has 3 amide bonds. The largest absolute Gasteiger partial charge is 0.507 e. The molecule has 156 valence electrons. The second-order valence-corrected chi connectivity index (χ2v) is 7.77. The van der Waals surface area contributed by atoms with Crippen LogP contribution in [0.3, 0.4) is 0 Å². The minimum Gasteiger partial charge on any atom is -0.507 e. The number of aryl methyl sites for hydroxylation is 2. The van der Waals surface area contributed by atoms with E-state index in [4.69, 9.17) is 4.74 Å². The summed E-state index contributed by atoms with van der Waals surface area (Å²) >= 11 is 0.788. The molecule has 3 rings (SSSR count). The molecule has 0 bridgehead atoms. The maximum Gasteiger partial charge on any atom is 0.294 e. The van der Waals surface area contributed by atoms with E-state index in [0.717, 1.165) is 16.7 Å². The zero-order chi connectivity index (χ0) is 21.8. The van der Waals surface area contributed by atoms with Gasteiger partial charge in [0.25, 0.3) is 11.1 Å². The van der Waals surface area contributed by atoms with Crippen molar-refractivity contribution in [1.29, 1.82) is 0 Å². The van der Waals surface area contributed by atoms with Crippen LogP contribution in [0.25, 0.3) is 6.08 Å². The average molecular weight is 426 g/mol. The van der Waals surface area contributed by atoms with Crippen molar-refractivity contribution in [2.75, 3.05) is 18.5 Å². The summed E-state index contributed by atoms with van der Waals surface area (Å²) in [6, 6.07) is 10.3. The van der Waals surface area contributed by atoms with Gasteiger partial charge in [-0.25, -0.2) is 0 Å². The fourth-order valence-electron chi connectivity index (χ4n) is 3.01. The van der Waals surface area contributed by atoms with E-state index in [1.165, 1.54) is 0 Å². The van der Waals surface area contributed by atoms with E-state index in [1.54, 1.807) is 56.3 Å². The maximum atomic E-state index is 12.6. The van der Waals surface area contributed by atoms with Crippen LogP contribution in [0.4, 0.5) is 10.5 Å². The van der Waals surface area contributed by atoms with Crippen LogP contribution in [0.15, 0.2) is 41.3 Å².